The number of carbonyl (C=O) groups excluding carboxylic acids is 1. The molecule has 1 aromatic heterocycles. The summed E-state index contributed by atoms with van der Waals surface area (Å²) < 4.78 is 0. The highest BCUT2D eigenvalue weighted by Gasteiger charge is 2.12. The van der Waals surface area contributed by atoms with E-state index in [4.69, 9.17) is 28.9 Å². The highest BCUT2D eigenvalue weighted by molar-refractivity contribution is 6.42. The van der Waals surface area contributed by atoms with E-state index in [1.807, 2.05) is 31.2 Å². The third-order valence-corrected chi connectivity index (χ3v) is 4.59. The Morgan fingerprint density at radius 2 is 1.96 bits per heavy atom. The van der Waals surface area contributed by atoms with E-state index in [9.17, 15) is 4.79 Å². The van der Waals surface area contributed by atoms with Crippen molar-refractivity contribution in [2.24, 2.45) is 5.73 Å². The summed E-state index contributed by atoms with van der Waals surface area (Å²) in [5.74, 6) is -0.498. The second-order valence-electron chi connectivity index (χ2n) is 5.44. The van der Waals surface area contributed by atoms with Crippen LogP contribution >= 0.6 is 23.2 Å². The second kappa shape index (κ2) is 6.67. The normalized spacial score (nSPS) is 10.8. The maximum Gasteiger partial charge on any atom is 0.250 e. The molecule has 1 heterocycles. The molecular weight excluding hydrogens is 345 g/mol. The number of hydrogen-bond donors (Lipinski definition) is 2. The number of aromatic nitrogens is 1. The molecule has 6 heteroatoms. The molecular formula is C18H15Cl2N3O. The average Bonchev–Trinajstić information content (AvgIpc) is 2.55. The zero-order chi connectivity index (χ0) is 17.3. The minimum Gasteiger partial charge on any atom is -0.380 e. The molecule has 0 aliphatic carbocycles. The molecule has 4 nitrogen and oxygen atoms in total. The largest absolute Gasteiger partial charge is 0.380 e. The summed E-state index contributed by atoms with van der Waals surface area (Å²) >= 11 is 12.3. The Kier molecular flexibility index (Phi) is 4.60. The predicted octanol–water partition coefficient (Wildman–Crippen LogP) is 4.56. The lowest BCUT2D eigenvalue weighted by Crippen LogP contribution is -2.12. The highest BCUT2D eigenvalue weighted by Crippen LogP contribution is 2.29. The fraction of sp³-hybridized carbons (Fsp3) is 0.111. The van der Waals surface area contributed by atoms with Crippen molar-refractivity contribution in [1.29, 1.82) is 0 Å². The number of benzene rings is 2. The summed E-state index contributed by atoms with van der Waals surface area (Å²) in [6.07, 6.45) is 0. The van der Waals surface area contributed by atoms with Gasteiger partial charge in [0.25, 0.3) is 5.91 Å². The van der Waals surface area contributed by atoms with Crippen molar-refractivity contribution in [3.63, 3.8) is 0 Å². The van der Waals surface area contributed by atoms with Gasteiger partial charge in [-0.15, -0.1) is 0 Å². The molecule has 0 fully saturated rings. The minimum atomic E-state index is -0.498. The zero-order valence-electron chi connectivity index (χ0n) is 12.9. The van der Waals surface area contributed by atoms with Crippen LogP contribution in [0.2, 0.25) is 10.0 Å². The van der Waals surface area contributed by atoms with Gasteiger partial charge in [0, 0.05) is 23.3 Å². The molecule has 0 spiro atoms. The fourth-order valence-electron chi connectivity index (χ4n) is 2.60. The molecule has 1 amide bonds. The maximum atomic E-state index is 11.6. The molecule has 0 saturated carbocycles. The molecule has 0 aliphatic rings. The van der Waals surface area contributed by atoms with E-state index >= 15 is 0 Å². The lowest BCUT2D eigenvalue weighted by atomic mass is 10.1. The topological polar surface area (TPSA) is 68.0 Å². The number of pyridine rings is 1. The van der Waals surface area contributed by atoms with Crippen LogP contribution in [0.1, 0.15) is 21.6 Å². The van der Waals surface area contributed by atoms with Gasteiger partial charge in [0.2, 0.25) is 0 Å². The number of hydrogen-bond acceptors (Lipinski definition) is 3. The van der Waals surface area contributed by atoms with Crippen LogP contribution in [0.3, 0.4) is 0 Å². The third kappa shape index (κ3) is 3.16. The summed E-state index contributed by atoms with van der Waals surface area (Å²) in [7, 11) is 0. The van der Waals surface area contributed by atoms with E-state index in [1.54, 1.807) is 18.2 Å². The van der Waals surface area contributed by atoms with Crippen LogP contribution < -0.4 is 11.1 Å². The number of fused-ring (bicyclic) bond motifs is 1. The molecule has 3 aromatic rings. The molecule has 0 atom stereocenters. The number of rotatable bonds is 4. The number of nitrogens with one attached hydrogen (secondary N) is 1. The first kappa shape index (κ1) is 16.6. The van der Waals surface area contributed by atoms with Crippen LogP contribution in [0.25, 0.3) is 10.9 Å². The fourth-order valence-corrected chi connectivity index (χ4v) is 2.98. The summed E-state index contributed by atoms with van der Waals surface area (Å²) in [4.78, 5) is 16.1. The number of nitrogens with zero attached hydrogens (tertiary/aromatic N) is 1. The number of primary amides is 1. The Hall–Kier alpha value is -2.30. The van der Waals surface area contributed by atoms with Gasteiger partial charge in [0.1, 0.15) is 0 Å². The van der Waals surface area contributed by atoms with Gasteiger partial charge in [-0.3, -0.25) is 9.78 Å². The van der Waals surface area contributed by atoms with E-state index < -0.39 is 5.91 Å². The van der Waals surface area contributed by atoms with E-state index in [-0.39, 0.29) is 0 Å². The molecule has 122 valence electrons. The van der Waals surface area contributed by atoms with E-state index in [1.165, 1.54) is 0 Å². The van der Waals surface area contributed by atoms with E-state index in [2.05, 4.69) is 10.3 Å². The van der Waals surface area contributed by atoms with Gasteiger partial charge in [-0.1, -0.05) is 47.5 Å². The Balaban J connectivity index is 2.02. The van der Waals surface area contributed by atoms with Gasteiger partial charge >= 0.3 is 0 Å². The third-order valence-electron chi connectivity index (χ3n) is 3.73. The van der Waals surface area contributed by atoms with Gasteiger partial charge in [0.05, 0.1) is 21.1 Å². The predicted molar refractivity (Wildman–Crippen MR) is 98.8 cm³/mol. The Morgan fingerprint density at radius 3 is 2.71 bits per heavy atom. The van der Waals surface area contributed by atoms with E-state index in [0.717, 1.165) is 22.3 Å². The molecule has 0 bridgehead atoms. The SMILES string of the molecule is Cc1cc(NCc2cccc(Cl)c2Cl)c2cccc(C(N)=O)c2n1. The van der Waals surface area contributed by atoms with Crippen LogP contribution in [0.4, 0.5) is 5.69 Å². The molecule has 0 unspecified atom stereocenters. The molecule has 0 aliphatic heterocycles. The molecule has 0 radical (unpaired) electrons. The average molecular weight is 360 g/mol. The van der Waals surface area contributed by atoms with Crippen LogP contribution in [-0.4, -0.2) is 10.9 Å². The van der Waals surface area contributed by atoms with Crippen LogP contribution in [0, 0.1) is 6.92 Å². The zero-order valence-corrected chi connectivity index (χ0v) is 14.4. The number of amides is 1. The Morgan fingerprint density at radius 1 is 1.21 bits per heavy atom. The molecule has 2 aromatic carbocycles. The Labute approximate surface area is 149 Å². The number of anilines is 1. The molecule has 0 saturated heterocycles. The van der Waals surface area contributed by atoms with Gasteiger partial charge in [-0.2, -0.15) is 0 Å². The standard InChI is InChI=1S/C18H15Cl2N3O/c1-10-8-15(22-9-11-4-2-7-14(19)16(11)20)12-5-3-6-13(18(21)24)17(12)23-10/h2-8H,9H2,1H3,(H2,21,24)(H,22,23). The van der Waals surface area contributed by atoms with Crippen molar-refractivity contribution in [2.75, 3.05) is 5.32 Å². The molecule has 3 N–H and O–H groups in total. The van der Waals surface area contributed by atoms with Crippen LogP contribution in [0.5, 0.6) is 0 Å². The lowest BCUT2D eigenvalue weighted by molar-refractivity contribution is 0.100. The van der Waals surface area contributed by atoms with Crippen LogP contribution in [-0.2, 0) is 6.54 Å². The van der Waals surface area contributed by atoms with Crippen molar-refractivity contribution < 1.29 is 4.79 Å². The van der Waals surface area contributed by atoms with Crippen molar-refractivity contribution in [3.05, 3.63) is 69.3 Å². The first-order valence-corrected chi connectivity index (χ1v) is 8.10. The van der Waals surface area contributed by atoms with Gasteiger partial charge in [0.15, 0.2) is 0 Å². The summed E-state index contributed by atoms with van der Waals surface area (Å²) in [6, 6.07) is 12.8. The van der Waals surface area contributed by atoms with Gasteiger partial charge in [-0.05, 0) is 30.7 Å². The summed E-state index contributed by atoms with van der Waals surface area (Å²) in [6.45, 7) is 2.37. The minimum absolute atomic E-state index is 0.403. The van der Waals surface area contributed by atoms with Gasteiger partial charge < -0.3 is 11.1 Å². The molecule has 24 heavy (non-hydrogen) atoms. The highest BCUT2D eigenvalue weighted by atomic mass is 35.5. The first-order chi connectivity index (χ1) is 11.5. The number of aryl methyl sites for hydroxylation is 1. The number of carbonyl (C=O) groups is 1. The van der Waals surface area contributed by atoms with E-state index in [0.29, 0.717) is 27.7 Å². The first-order valence-electron chi connectivity index (χ1n) is 7.34. The van der Waals surface area contributed by atoms with Gasteiger partial charge in [-0.25, -0.2) is 0 Å². The lowest BCUT2D eigenvalue weighted by Gasteiger charge is -2.13. The van der Waals surface area contributed by atoms with Crippen molar-refractivity contribution in [3.8, 4) is 0 Å². The summed E-state index contributed by atoms with van der Waals surface area (Å²) in [5.41, 5.74) is 8.97. The molecule has 3 rings (SSSR count). The van der Waals surface area contributed by atoms with Crippen molar-refractivity contribution in [2.45, 2.75) is 13.5 Å². The van der Waals surface area contributed by atoms with Crippen molar-refractivity contribution >= 4 is 45.7 Å². The number of para-hydroxylation sites is 1. The van der Waals surface area contributed by atoms with Crippen LogP contribution in [0.15, 0.2) is 42.5 Å². The second-order valence-corrected chi connectivity index (χ2v) is 6.23. The number of halogens is 2. The quantitative estimate of drug-likeness (QED) is 0.717. The Bertz CT molecular complexity index is 941. The summed E-state index contributed by atoms with van der Waals surface area (Å²) in [5, 5.41) is 5.22. The monoisotopic (exact) mass is 359 g/mol. The van der Waals surface area contributed by atoms with Crippen molar-refractivity contribution in [1.82, 2.24) is 4.98 Å². The maximum absolute atomic E-state index is 11.6. The smallest absolute Gasteiger partial charge is 0.250 e. The number of nitrogens with two attached hydrogens (primary N) is 1.